The summed E-state index contributed by atoms with van der Waals surface area (Å²) in [5.41, 5.74) is 1.41. The number of benzene rings is 2. The van der Waals surface area contributed by atoms with Gasteiger partial charge in [0.15, 0.2) is 4.34 Å². The summed E-state index contributed by atoms with van der Waals surface area (Å²) in [7, 11) is 0. The molecule has 0 saturated carbocycles. The first-order chi connectivity index (χ1) is 13.0. The summed E-state index contributed by atoms with van der Waals surface area (Å²) in [6.45, 7) is 0. The van der Waals surface area contributed by atoms with Crippen LogP contribution in [0.25, 0.3) is 16.3 Å². The second-order valence-corrected chi connectivity index (χ2v) is 9.42. The van der Waals surface area contributed by atoms with Gasteiger partial charge in [0, 0.05) is 6.07 Å². The topological polar surface area (TPSA) is 85.1 Å². The molecule has 2 heterocycles. The molecule has 0 unspecified atom stereocenters. The molecule has 1 fully saturated rings. The van der Waals surface area contributed by atoms with Crippen molar-refractivity contribution in [3.63, 3.8) is 0 Å². The Morgan fingerprint density at radius 3 is 2.78 bits per heavy atom. The molecule has 3 aromatic rings. The predicted octanol–water partition coefficient (Wildman–Crippen LogP) is 4.84. The van der Waals surface area contributed by atoms with Gasteiger partial charge < -0.3 is 5.32 Å². The van der Waals surface area contributed by atoms with Gasteiger partial charge in [-0.15, -0.1) is 11.3 Å². The van der Waals surface area contributed by atoms with Gasteiger partial charge in [0.2, 0.25) is 0 Å². The number of hydrogen-bond donors (Lipinski definition) is 1. The SMILES string of the molecule is O=C1NC(=S)S/C1=C\c1ccc(Sc2nc3ccccc3s2)c([N+](=O)[O-])c1. The number of carbonyl (C=O) groups is 1. The Kier molecular flexibility index (Phi) is 4.96. The van der Waals surface area contributed by atoms with E-state index in [9.17, 15) is 14.9 Å². The molecule has 6 nitrogen and oxygen atoms in total. The number of thioether (sulfide) groups is 1. The van der Waals surface area contributed by atoms with E-state index >= 15 is 0 Å². The first-order valence-corrected chi connectivity index (χ1v) is 10.4. The van der Waals surface area contributed by atoms with Crippen LogP contribution in [0.4, 0.5) is 5.69 Å². The zero-order valence-electron chi connectivity index (χ0n) is 13.4. The van der Waals surface area contributed by atoms with Crippen LogP contribution in [-0.2, 0) is 4.79 Å². The third-order valence-electron chi connectivity index (χ3n) is 3.59. The van der Waals surface area contributed by atoms with Gasteiger partial charge in [-0.1, -0.05) is 53.9 Å². The highest BCUT2D eigenvalue weighted by molar-refractivity contribution is 8.26. The highest BCUT2D eigenvalue weighted by atomic mass is 32.2. The summed E-state index contributed by atoms with van der Waals surface area (Å²) in [5, 5.41) is 14.1. The van der Waals surface area contributed by atoms with Crippen molar-refractivity contribution >= 4 is 79.3 Å². The summed E-state index contributed by atoms with van der Waals surface area (Å²) < 4.78 is 2.15. The predicted molar refractivity (Wildman–Crippen MR) is 113 cm³/mol. The second kappa shape index (κ2) is 7.39. The van der Waals surface area contributed by atoms with Gasteiger partial charge in [-0.2, -0.15) is 0 Å². The number of nitro groups is 1. The summed E-state index contributed by atoms with van der Waals surface area (Å²) >= 11 is 8.84. The average molecular weight is 432 g/mol. The van der Waals surface area contributed by atoms with Gasteiger partial charge in [-0.25, -0.2) is 4.98 Å². The molecule has 1 amide bonds. The van der Waals surface area contributed by atoms with E-state index in [2.05, 4.69) is 10.3 Å². The van der Waals surface area contributed by atoms with E-state index < -0.39 is 4.92 Å². The maximum Gasteiger partial charge on any atom is 0.283 e. The number of thiocarbonyl (C=S) groups is 1. The van der Waals surface area contributed by atoms with Crippen LogP contribution in [0.5, 0.6) is 0 Å². The van der Waals surface area contributed by atoms with E-state index in [1.807, 2.05) is 24.3 Å². The number of thiazole rings is 1. The number of fused-ring (bicyclic) bond motifs is 1. The highest BCUT2D eigenvalue weighted by Gasteiger charge is 2.23. The minimum atomic E-state index is -0.426. The minimum Gasteiger partial charge on any atom is -0.307 e. The van der Waals surface area contributed by atoms with Crippen molar-refractivity contribution in [2.75, 3.05) is 0 Å². The first-order valence-electron chi connectivity index (χ1n) is 7.56. The van der Waals surface area contributed by atoms with Gasteiger partial charge >= 0.3 is 0 Å². The van der Waals surface area contributed by atoms with Crippen molar-refractivity contribution in [3.05, 3.63) is 63.0 Å². The standard InChI is InChI=1S/C17H9N3O3S4/c21-15-14(25-16(24)19-15)8-9-5-6-13(11(7-9)20(22)23)27-17-18-10-3-1-2-4-12(10)26-17/h1-8H,(H,19,21,24)/b14-8-. The van der Waals surface area contributed by atoms with Crippen LogP contribution in [0.2, 0.25) is 0 Å². The second-order valence-electron chi connectivity index (χ2n) is 5.39. The largest absolute Gasteiger partial charge is 0.307 e. The summed E-state index contributed by atoms with van der Waals surface area (Å²) in [5.74, 6) is -0.291. The lowest BCUT2D eigenvalue weighted by Crippen LogP contribution is -2.17. The van der Waals surface area contributed by atoms with E-state index in [0.717, 1.165) is 26.3 Å². The zero-order valence-corrected chi connectivity index (χ0v) is 16.6. The van der Waals surface area contributed by atoms with Gasteiger partial charge in [0.05, 0.1) is 24.9 Å². The Labute approximate surface area is 171 Å². The quantitative estimate of drug-likeness (QED) is 0.274. The molecule has 4 rings (SSSR count). The fourth-order valence-electron chi connectivity index (χ4n) is 2.41. The lowest BCUT2D eigenvalue weighted by atomic mass is 10.2. The molecule has 0 atom stereocenters. The Bertz CT molecular complexity index is 1110. The molecule has 1 aliphatic rings. The zero-order chi connectivity index (χ0) is 19.0. The molecule has 1 saturated heterocycles. The molecule has 134 valence electrons. The number of amides is 1. The van der Waals surface area contributed by atoms with Crippen LogP contribution in [0.3, 0.4) is 0 Å². The van der Waals surface area contributed by atoms with Crippen LogP contribution in [0.1, 0.15) is 5.56 Å². The number of nitrogens with one attached hydrogen (secondary N) is 1. The normalized spacial score (nSPS) is 15.5. The van der Waals surface area contributed by atoms with Crippen LogP contribution in [-0.4, -0.2) is 20.1 Å². The van der Waals surface area contributed by atoms with Gasteiger partial charge in [-0.05, 0) is 29.8 Å². The highest BCUT2D eigenvalue weighted by Crippen LogP contribution is 2.39. The minimum absolute atomic E-state index is 0.0282. The summed E-state index contributed by atoms with van der Waals surface area (Å²) in [6.07, 6.45) is 1.60. The number of hydrogen-bond acceptors (Lipinski definition) is 8. The van der Waals surface area contributed by atoms with Gasteiger partial charge in [-0.3, -0.25) is 14.9 Å². The van der Waals surface area contributed by atoms with Crippen molar-refractivity contribution in [1.82, 2.24) is 10.3 Å². The number of aromatic nitrogens is 1. The Hall–Kier alpha value is -2.27. The molecular weight excluding hydrogens is 422 g/mol. The Morgan fingerprint density at radius 2 is 2.07 bits per heavy atom. The van der Waals surface area contributed by atoms with Crippen molar-refractivity contribution in [2.24, 2.45) is 0 Å². The number of nitrogens with zero attached hydrogens (tertiary/aromatic N) is 2. The van der Waals surface area contributed by atoms with E-state index in [4.69, 9.17) is 12.2 Å². The number of carbonyl (C=O) groups excluding carboxylic acids is 1. The number of rotatable bonds is 4. The molecule has 1 aliphatic heterocycles. The van der Waals surface area contributed by atoms with Crippen molar-refractivity contribution in [3.8, 4) is 0 Å². The fraction of sp³-hybridized carbons (Fsp3) is 0. The van der Waals surface area contributed by atoms with Crippen molar-refractivity contribution < 1.29 is 9.72 Å². The van der Waals surface area contributed by atoms with Crippen LogP contribution >= 0.6 is 47.1 Å². The van der Waals surface area contributed by atoms with Crippen LogP contribution in [0, 0.1) is 10.1 Å². The monoisotopic (exact) mass is 431 g/mol. The lowest BCUT2D eigenvalue weighted by Gasteiger charge is -2.02. The molecule has 0 spiro atoms. The van der Waals surface area contributed by atoms with Crippen molar-refractivity contribution in [2.45, 2.75) is 9.24 Å². The third-order valence-corrected chi connectivity index (χ3v) is 6.92. The Morgan fingerprint density at radius 1 is 1.26 bits per heavy atom. The van der Waals surface area contributed by atoms with E-state index in [1.54, 1.807) is 18.2 Å². The maximum absolute atomic E-state index is 11.8. The third kappa shape index (κ3) is 3.88. The molecule has 0 radical (unpaired) electrons. The average Bonchev–Trinajstić information content (AvgIpc) is 3.17. The number of para-hydroxylation sites is 1. The van der Waals surface area contributed by atoms with Gasteiger partial charge in [0.1, 0.15) is 4.32 Å². The molecule has 27 heavy (non-hydrogen) atoms. The summed E-state index contributed by atoms with van der Waals surface area (Å²) in [6, 6.07) is 12.6. The van der Waals surface area contributed by atoms with E-state index in [1.165, 1.54) is 29.2 Å². The van der Waals surface area contributed by atoms with E-state index in [-0.39, 0.29) is 11.6 Å². The number of nitro benzene ring substituents is 1. The molecule has 1 N–H and O–H groups in total. The molecule has 0 bridgehead atoms. The van der Waals surface area contributed by atoms with E-state index in [0.29, 0.717) is 19.7 Å². The molecule has 1 aromatic heterocycles. The van der Waals surface area contributed by atoms with Gasteiger partial charge in [0.25, 0.3) is 11.6 Å². The first kappa shape index (κ1) is 18.1. The summed E-state index contributed by atoms with van der Waals surface area (Å²) in [4.78, 5) is 28.3. The van der Waals surface area contributed by atoms with Crippen LogP contribution < -0.4 is 5.32 Å². The smallest absolute Gasteiger partial charge is 0.283 e. The molecule has 2 aromatic carbocycles. The molecule has 0 aliphatic carbocycles. The van der Waals surface area contributed by atoms with Crippen molar-refractivity contribution in [1.29, 1.82) is 0 Å². The fourth-order valence-corrected chi connectivity index (χ4v) is 5.57. The molecule has 10 heteroatoms. The maximum atomic E-state index is 11.8. The Balaban J connectivity index is 1.67. The molecular formula is C17H9N3O3S4. The van der Waals surface area contributed by atoms with Crippen LogP contribution in [0.15, 0.2) is 56.6 Å². The lowest BCUT2D eigenvalue weighted by molar-refractivity contribution is -0.387.